The first-order valence-corrected chi connectivity index (χ1v) is 7.68. The van der Waals surface area contributed by atoms with Crippen molar-refractivity contribution in [2.75, 3.05) is 0 Å². The van der Waals surface area contributed by atoms with Gasteiger partial charge in [-0.2, -0.15) is 0 Å². The van der Waals surface area contributed by atoms with Crippen molar-refractivity contribution in [1.29, 1.82) is 0 Å². The number of nitrogens with one attached hydrogen (secondary N) is 1. The van der Waals surface area contributed by atoms with Crippen molar-refractivity contribution >= 4 is 0 Å². The minimum Gasteiger partial charge on any atom is -0.457 e. The van der Waals surface area contributed by atoms with E-state index in [1.165, 1.54) is 16.7 Å². The Hall–Kier alpha value is -1.80. The number of aryl methyl sites for hydroxylation is 2. The highest BCUT2D eigenvalue weighted by Crippen LogP contribution is 2.24. The Morgan fingerprint density at radius 1 is 1.05 bits per heavy atom. The maximum absolute atomic E-state index is 5.96. The van der Waals surface area contributed by atoms with E-state index in [9.17, 15) is 0 Å². The summed E-state index contributed by atoms with van der Waals surface area (Å²) in [5, 5.41) is 3.45. The predicted molar refractivity (Wildman–Crippen MR) is 89.0 cm³/mol. The maximum atomic E-state index is 5.96. The Morgan fingerprint density at radius 2 is 1.81 bits per heavy atom. The molecule has 2 aromatic carbocycles. The Labute approximate surface area is 128 Å². The van der Waals surface area contributed by atoms with Gasteiger partial charge in [-0.3, -0.25) is 0 Å². The summed E-state index contributed by atoms with van der Waals surface area (Å²) in [7, 11) is 0. The first-order valence-electron chi connectivity index (χ1n) is 7.68. The molecule has 0 aliphatic heterocycles. The standard InChI is InChI=1S/C19H25NO/c1-5-16-7-6-8-18(12-16)21-19-10-9-17(15(4)11-19)13-20-14(2)3/h6-12,14,20H,5,13H2,1-4H3. The second kappa shape index (κ2) is 7.28. The molecule has 0 fully saturated rings. The van der Waals surface area contributed by atoms with E-state index < -0.39 is 0 Å². The van der Waals surface area contributed by atoms with Crippen molar-refractivity contribution in [1.82, 2.24) is 5.32 Å². The highest BCUT2D eigenvalue weighted by atomic mass is 16.5. The molecule has 0 saturated heterocycles. The van der Waals surface area contributed by atoms with E-state index in [1.807, 2.05) is 18.2 Å². The molecule has 0 saturated carbocycles. The van der Waals surface area contributed by atoms with Gasteiger partial charge in [-0.15, -0.1) is 0 Å². The number of benzene rings is 2. The molecule has 21 heavy (non-hydrogen) atoms. The van der Waals surface area contributed by atoms with Crippen molar-refractivity contribution in [3.8, 4) is 11.5 Å². The van der Waals surface area contributed by atoms with Crippen molar-refractivity contribution in [2.24, 2.45) is 0 Å². The van der Waals surface area contributed by atoms with Gasteiger partial charge in [0.15, 0.2) is 0 Å². The van der Waals surface area contributed by atoms with Gasteiger partial charge in [-0.05, 0) is 54.3 Å². The van der Waals surface area contributed by atoms with Crippen LogP contribution in [0.2, 0.25) is 0 Å². The number of rotatable bonds is 6. The van der Waals surface area contributed by atoms with E-state index in [0.717, 1.165) is 24.5 Å². The quantitative estimate of drug-likeness (QED) is 0.818. The minimum absolute atomic E-state index is 0.497. The average molecular weight is 283 g/mol. The Balaban J connectivity index is 2.09. The lowest BCUT2D eigenvalue weighted by Gasteiger charge is -2.13. The Morgan fingerprint density at radius 3 is 2.48 bits per heavy atom. The molecular weight excluding hydrogens is 258 g/mol. The van der Waals surface area contributed by atoms with Crippen LogP contribution < -0.4 is 10.1 Å². The molecule has 1 N–H and O–H groups in total. The van der Waals surface area contributed by atoms with Gasteiger partial charge in [0.1, 0.15) is 11.5 Å². The number of hydrogen-bond donors (Lipinski definition) is 1. The van der Waals surface area contributed by atoms with Crippen LogP contribution in [0.15, 0.2) is 42.5 Å². The van der Waals surface area contributed by atoms with Gasteiger partial charge in [-0.25, -0.2) is 0 Å². The van der Waals surface area contributed by atoms with E-state index in [-0.39, 0.29) is 0 Å². The molecule has 0 heterocycles. The Bertz CT molecular complexity index is 590. The highest BCUT2D eigenvalue weighted by molar-refractivity contribution is 5.38. The van der Waals surface area contributed by atoms with Gasteiger partial charge in [0, 0.05) is 12.6 Å². The van der Waals surface area contributed by atoms with Gasteiger partial charge < -0.3 is 10.1 Å². The third kappa shape index (κ3) is 4.61. The third-order valence-corrected chi connectivity index (χ3v) is 3.56. The average Bonchev–Trinajstić information content (AvgIpc) is 2.46. The van der Waals surface area contributed by atoms with E-state index >= 15 is 0 Å². The molecule has 0 aliphatic rings. The molecule has 0 bridgehead atoms. The van der Waals surface area contributed by atoms with Gasteiger partial charge >= 0.3 is 0 Å². The zero-order chi connectivity index (χ0) is 15.2. The summed E-state index contributed by atoms with van der Waals surface area (Å²) in [6.45, 7) is 9.50. The molecule has 0 spiro atoms. The molecular formula is C19H25NO. The highest BCUT2D eigenvalue weighted by Gasteiger charge is 2.03. The van der Waals surface area contributed by atoms with Gasteiger partial charge in [-0.1, -0.05) is 39.0 Å². The first kappa shape index (κ1) is 15.6. The lowest BCUT2D eigenvalue weighted by atomic mass is 10.1. The molecule has 0 aliphatic carbocycles. The van der Waals surface area contributed by atoms with Crippen LogP contribution in [-0.2, 0) is 13.0 Å². The smallest absolute Gasteiger partial charge is 0.127 e. The second-order valence-corrected chi connectivity index (χ2v) is 5.73. The molecule has 2 rings (SSSR count). The topological polar surface area (TPSA) is 21.3 Å². The maximum Gasteiger partial charge on any atom is 0.127 e. The summed E-state index contributed by atoms with van der Waals surface area (Å²) in [5.41, 5.74) is 3.87. The summed E-state index contributed by atoms with van der Waals surface area (Å²) in [4.78, 5) is 0. The van der Waals surface area contributed by atoms with Crippen molar-refractivity contribution < 1.29 is 4.74 Å². The summed E-state index contributed by atoms with van der Waals surface area (Å²) >= 11 is 0. The van der Waals surface area contributed by atoms with Gasteiger partial charge in [0.05, 0.1) is 0 Å². The van der Waals surface area contributed by atoms with Crippen molar-refractivity contribution in [3.63, 3.8) is 0 Å². The van der Waals surface area contributed by atoms with Crippen LogP contribution in [0, 0.1) is 6.92 Å². The van der Waals surface area contributed by atoms with Crippen LogP contribution >= 0.6 is 0 Å². The molecule has 2 aromatic rings. The van der Waals surface area contributed by atoms with Crippen LogP contribution in [-0.4, -0.2) is 6.04 Å². The lowest BCUT2D eigenvalue weighted by Crippen LogP contribution is -2.22. The normalized spacial score (nSPS) is 10.9. The molecule has 2 heteroatoms. The number of ether oxygens (including phenoxy) is 1. The van der Waals surface area contributed by atoms with Crippen LogP contribution in [0.1, 0.15) is 37.5 Å². The Kier molecular flexibility index (Phi) is 5.40. The van der Waals surface area contributed by atoms with Gasteiger partial charge in [0.2, 0.25) is 0 Å². The monoisotopic (exact) mass is 283 g/mol. The zero-order valence-corrected chi connectivity index (χ0v) is 13.4. The molecule has 0 aromatic heterocycles. The number of hydrogen-bond acceptors (Lipinski definition) is 2. The van der Waals surface area contributed by atoms with Crippen LogP contribution in [0.3, 0.4) is 0 Å². The molecule has 0 unspecified atom stereocenters. The van der Waals surface area contributed by atoms with E-state index in [4.69, 9.17) is 4.74 Å². The summed E-state index contributed by atoms with van der Waals surface area (Å²) < 4.78 is 5.96. The predicted octanol–water partition coefficient (Wildman–Crippen LogP) is 4.85. The summed E-state index contributed by atoms with van der Waals surface area (Å²) in [6, 6.07) is 15.1. The lowest BCUT2D eigenvalue weighted by molar-refractivity contribution is 0.481. The largest absolute Gasteiger partial charge is 0.457 e. The zero-order valence-electron chi connectivity index (χ0n) is 13.4. The van der Waals surface area contributed by atoms with Crippen molar-refractivity contribution in [3.05, 3.63) is 59.2 Å². The fourth-order valence-corrected chi connectivity index (χ4v) is 2.21. The molecule has 2 nitrogen and oxygen atoms in total. The molecule has 0 amide bonds. The van der Waals surface area contributed by atoms with E-state index in [1.54, 1.807) is 0 Å². The fraction of sp³-hybridized carbons (Fsp3) is 0.368. The van der Waals surface area contributed by atoms with Crippen LogP contribution in [0.25, 0.3) is 0 Å². The van der Waals surface area contributed by atoms with Gasteiger partial charge in [0.25, 0.3) is 0 Å². The van der Waals surface area contributed by atoms with E-state index in [0.29, 0.717) is 6.04 Å². The second-order valence-electron chi connectivity index (χ2n) is 5.73. The molecule has 0 radical (unpaired) electrons. The third-order valence-electron chi connectivity index (χ3n) is 3.56. The minimum atomic E-state index is 0.497. The van der Waals surface area contributed by atoms with E-state index in [2.05, 4.69) is 57.3 Å². The molecule has 112 valence electrons. The van der Waals surface area contributed by atoms with Crippen molar-refractivity contribution in [2.45, 2.75) is 46.7 Å². The first-order chi connectivity index (χ1) is 10.1. The molecule has 0 atom stereocenters. The fourth-order valence-electron chi connectivity index (χ4n) is 2.21. The van der Waals surface area contributed by atoms with Crippen LogP contribution in [0.4, 0.5) is 0 Å². The summed E-state index contributed by atoms with van der Waals surface area (Å²) in [6.07, 6.45) is 1.02. The summed E-state index contributed by atoms with van der Waals surface area (Å²) in [5.74, 6) is 1.80. The van der Waals surface area contributed by atoms with Crippen LogP contribution in [0.5, 0.6) is 11.5 Å². The SMILES string of the molecule is CCc1cccc(Oc2ccc(CNC(C)C)c(C)c2)c1.